The second-order valence-corrected chi connectivity index (χ2v) is 3.30. The third-order valence-corrected chi connectivity index (χ3v) is 2.12. The number of carbonyl (C=O) groups excluding carboxylic acids is 2. The molecule has 0 aliphatic heterocycles. The highest BCUT2D eigenvalue weighted by Gasteiger charge is 2.16. The molecule has 3 nitrogen and oxygen atoms in total. The molecule has 5 heteroatoms. The van der Waals surface area contributed by atoms with Crippen LogP contribution in [-0.4, -0.2) is 19.4 Å². The summed E-state index contributed by atoms with van der Waals surface area (Å²) in [6.45, 7) is 0. The predicted molar refractivity (Wildman–Crippen MR) is 53.2 cm³/mol. The number of aldehydes is 1. The average molecular weight is 233 g/mol. The molecule has 0 N–H and O–H groups in total. The van der Waals surface area contributed by atoms with E-state index in [1.54, 1.807) is 0 Å². The van der Waals surface area contributed by atoms with Crippen LogP contribution in [0.4, 0.5) is 0 Å². The molecule has 0 aliphatic rings. The molecule has 74 valence electrons. The van der Waals surface area contributed by atoms with Crippen LogP contribution in [0.3, 0.4) is 0 Å². The fraction of sp³-hybridized carbons (Fsp3) is 0.111. The van der Waals surface area contributed by atoms with Crippen molar-refractivity contribution in [3.63, 3.8) is 0 Å². The number of hydrogen-bond acceptors (Lipinski definition) is 3. The Kier molecular flexibility index (Phi) is 3.49. The van der Waals surface area contributed by atoms with Crippen LogP contribution in [0.5, 0.6) is 0 Å². The zero-order valence-corrected chi connectivity index (χ0v) is 8.72. The van der Waals surface area contributed by atoms with Crippen molar-refractivity contribution < 1.29 is 14.3 Å². The number of ether oxygens (including phenoxy) is 1. The lowest BCUT2D eigenvalue weighted by molar-refractivity contribution is 0.0598. The molecule has 0 aliphatic carbocycles. The Labute approximate surface area is 90.6 Å². The third-order valence-electron chi connectivity index (χ3n) is 1.60. The monoisotopic (exact) mass is 232 g/mol. The molecule has 0 unspecified atom stereocenters. The van der Waals surface area contributed by atoms with Crippen molar-refractivity contribution in [3.05, 3.63) is 33.3 Å². The summed E-state index contributed by atoms with van der Waals surface area (Å²) < 4.78 is 4.47. The average Bonchev–Trinajstić information content (AvgIpc) is 2.15. The van der Waals surface area contributed by atoms with Crippen molar-refractivity contribution in [1.29, 1.82) is 0 Å². The second kappa shape index (κ2) is 4.44. The van der Waals surface area contributed by atoms with Crippen molar-refractivity contribution in [1.82, 2.24) is 0 Å². The molecule has 0 amide bonds. The first kappa shape index (κ1) is 11.0. The fourth-order valence-electron chi connectivity index (χ4n) is 1.00. The van der Waals surface area contributed by atoms with Gasteiger partial charge in [0, 0.05) is 10.6 Å². The Hall–Kier alpha value is -1.06. The van der Waals surface area contributed by atoms with Gasteiger partial charge in [0.15, 0.2) is 6.29 Å². The van der Waals surface area contributed by atoms with Gasteiger partial charge in [0.05, 0.1) is 17.7 Å². The summed E-state index contributed by atoms with van der Waals surface area (Å²) in [5.41, 5.74) is 0.155. The number of halogens is 2. The minimum Gasteiger partial charge on any atom is -0.465 e. The van der Waals surface area contributed by atoms with Crippen LogP contribution in [-0.2, 0) is 4.74 Å². The largest absolute Gasteiger partial charge is 0.465 e. The first-order valence-electron chi connectivity index (χ1n) is 3.62. The molecule has 0 spiro atoms. The maximum atomic E-state index is 11.2. The summed E-state index contributed by atoms with van der Waals surface area (Å²) in [6.07, 6.45) is 0.504. The molecule has 1 aromatic carbocycles. The highest BCUT2D eigenvalue weighted by molar-refractivity contribution is 6.37. The van der Waals surface area contributed by atoms with Crippen LogP contribution in [0, 0.1) is 0 Å². The molecule has 1 rings (SSSR count). The number of hydrogen-bond donors (Lipinski definition) is 0. The van der Waals surface area contributed by atoms with Crippen LogP contribution in [0.25, 0.3) is 0 Å². The number of esters is 1. The Morgan fingerprint density at radius 1 is 1.43 bits per heavy atom. The highest BCUT2D eigenvalue weighted by Crippen LogP contribution is 2.24. The van der Waals surface area contributed by atoms with Crippen molar-refractivity contribution in [2.24, 2.45) is 0 Å². The van der Waals surface area contributed by atoms with E-state index in [9.17, 15) is 9.59 Å². The van der Waals surface area contributed by atoms with Gasteiger partial charge in [-0.25, -0.2) is 4.79 Å². The number of carbonyl (C=O) groups is 2. The lowest BCUT2D eigenvalue weighted by atomic mass is 10.1. The van der Waals surface area contributed by atoms with Gasteiger partial charge in [-0.15, -0.1) is 0 Å². The van der Waals surface area contributed by atoms with E-state index in [0.717, 1.165) is 0 Å². The van der Waals surface area contributed by atoms with Gasteiger partial charge >= 0.3 is 5.97 Å². The number of rotatable bonds is 2. The third kappa shape index (κ3) is 2.05. The first-order chi connectivity index (χ1) is 6.60. The molecule has 0 fully saturated rings. The van der Waals surface area contributed by atoms with Crippen LogP contribution < -0.4 is 0 Å². The molecule has 0 radical (unpaired) electrons. The van der Waals surface area contributed by atoms with Crippen molar-refractivity contribution in [2.75, 3.05) is 7.11 Å². The smallest absolute Gasteiger partial charge is 0.340 e. The fourth-order valence-corrected chi connectivity index (χ4v) is 1.59. The molecule has 0 aromatic heterocycles. The zero-order chi connectivity index (χ0) is 10.7. The van der Waals surface area contributed by atoms with Crippen LogP contribution in [0.2, 0.25) is 10.0 Å². The van der Waals surface area contributed by atoms with E-state index < -0.39 is 5.97 Å². The molecular formula is C9H6Cl2O3. The summed E-state index contributed by atoms with van der Waals surface area (Å²) in [6, 6.07) is 2.73. The summed E-state index contributed by atoms with van der Waals surface area (Å²) in [5, 5.41) is 0.399. The Bertz CT molecular complexity index is 388. The van der Waals surface area contributed by atoms with Gasteiger partial charge in [-0.05, 0) is 12.1 Å². The summed E-state index contributed by atoms with van der Waals surface area (Å²) >= 11 is 11.4. The van der Waals surface area contributed by atoms with E-state index in [-0.39, 0.29) is 16.1 Å². The summed E-state index contributed by atoms with van der Waals surface area (Å²) in [4.78, 5) is 21.8. The lowest BCUT2D eigenvalue weighted by Gasteiger charge is -2.05. The number of benzene rings is 1. The standard InChI is InChI=1S/C9H6Cl2O3/c1-14-9(13)8-5(4-12)2-6(10)3-7(8)11/h2-4H,1H3. The van der Waals surface area contributed by atoms with E-state index in [4.69, 9.17) is 23.2 Å². The molecule has 0 saturated heterocycles. The molecule has 0 saturated carbocycles. The molecule has 0 atom stereocenters. The van der Waals surface area contributed by atoms with Gasteiger partial charge in [-0.1, -0.05) is 23.2 Å². The zero-order valence-electron chi connectivity index (χ0n) is 7.21. The predicted octanol–water partition coefficient (Wildman–Crippen LogP) is 2.59. The Morgan fingerprint density at radius 2 is 2.07 bits per heavy atom. The molecule has 14 heavy (non-hydrogen) atoms. The van der Waals surface area contributed by atoms with Gasteiger partial charge < -0.3 is 4.74 Å². The second-order valence-electron chi connectivity index (χ2n) is 2.46. The van der Waals surface area contributed by atoms with Crippen LogP contribution in [0.15, 0.2) is 12.1 Å². The quantitative estimate of drug-likeness (QED) is 0.582. The topological polar surface area (TPSA) is 43.4 Å². The van der Waals surface area contributed by atoms with E-state index in [1.807, 2.05) is 0 Å². The Balaban J connectivity index is 3.39. The van der Waals surface area contributed by atoms with E-state index in [1.165, 1.54) is 19.2 Å². The SMILES string of the molecule is COC(=O)c1c(Cl)cc(Cl)cc1C=O. The summed E-state index contributed by atoms with van der Waals surface area (Å²) in [7, 11) is 1.21. The first-order valence-corrected chi connectivity index (χ1v) is 4.38. The van der Waals surface area contributed by atoms with Gasteiger partial charge in [0.25, 0.3) is 0 Å². The van der Waals surface area contributed by atoms with Gasteiger partial charge in [-0.2, -0.15) is 0 Å². The highest BCUT2D eigenvalue weighted by atomic mass is 35.5. The normalized spacial score (nSPS) is 9.64. The summed E-state index contributed by atoms with van der Waals surface area (Å²) in [5.74, 6) is -0.659. The van der Waals surface area contributed by atoms with Crippen molar-refractivity contribution in [2.45, 2.75) is 0 Å². The molecule has 0 heterocycles. The molecule has 1 aromatic rings. The van der Waals surface area contributed by atoms with Crippen molar-refractivity contribution >= 4 is 35.5 Å². The van der Waals surface area contributed by atoms with Gasteiger partial charge in [0.1, 0.15) is 0 Å². The van der Waals surface area contributed by atoms with E-state index >= 15 is 0 Å². The minimum absolute atomic E-state index is 0.0357. The minimum atomic E-state index is -0.659. The van der Waals surface area contributed by atoms with Crippen molar-refractivity contribution in [3.8, 4) is 0 Å². The maximum absolute atomic E-state index is 11.2. The van der Waals surface area contributed by atoms with E-state index in [0.29, 0.717) is 11.3 Å². The number of methoxy groups -OCH3 is 1. The van der Waals surface area contributed by atoms with Gasteiger partial charge in [-0.3, -0.25) is 4.79 Å². The Morgan fingerprint density at radius 3 is 2.57 bits per heavy atom. The van der Waals surface area contributed by atoms with Gasteiger partial charge in [0.2, 0.25) is 0 Å². The van der Waals surface area contributed by atoms with Crippen LogP contribution >= 0.6 is 23.2 Å². The molecule has 0 bridgehead atoms. The van der Waals surface area contributed by atoms with Crippen LogP contribution in [0.1, 0.15) is 20.7 Å². The molecular weight excluding hydrogens is 227 g/mol. The lowest BCUT2D eigenvalue weighted by Crippen LogP contribution is -2.06. The maximum Gasteiger partial charge on any atom is 0.340 e. The van der Waals surface area contributed by atoms with E-state index in [2.05, 4.69) is 4.74 Å².